The Morgan fingerprint density at radius 1 is 1.44 bits per heavy atom. The van der Waals surface area contributed by atoms with Crippen LogP contribution < -0.4 is 16.9 Å². The minimum absolute atomic E-state index is 0.129. The Kier molecular flexibility index (Phi) is 7.16. The Labute approximate surface area is 148 Å². The maximum atomic E-state index is 10.4. The summed E-state index contributed by atoms with van der Waals surface area (Å²) < 4.78 is 12.3. The van der Waals surface area contributed by atoms with Crippen LogP contribution in [0.2, 0.25) is 0 Å². The van der Waals surface area contributed by atoms with Crippen LogP contribution in [0.15, 0.2) is 11.3 Å². The largest absolute Gasteiger partial charge is 0.394 e. The molecule has 0 saturated carbocycles. The predicted molar refractivity (Wildman–Crippen MR) is 86.1 cm³/mol. The summed E-state index contributed by atoms with van der Waals surface area (Å²) in [6.45, 7) is -0.134. The molecule has 12 nitrogen and oxygen atoms in total. The molecule has 13 heteroatoms. The second-order valence-electron chi connectivity index (χ2n) is 5.32. The molecule has 2 rings (SSSR count). The smallest absolute Gasteiger partial charge is 0.208 e. The van der Waals surface area contributed by atoms with Gasteiger partial charge in [0.15, 0.2) is 6.29 Å². The third-order valence-electron chi connectivity index (χ3n) is 3.54. The van der Waals surface area contributed by atoms with E-state index < -0.39 is 37.3 Å². The number of aliphatic hydroxyl groups is 3. The van der Waals surface area contributed by atoms with Gasteiger partial charge in [0.05, 0.1) is 26.0 Å². The van der Waals surface area contributed by atoms with Crippen LogP contribution in [0.25, 0.3) is 0 Å². The van der Waals surface area contributed by atoms with Gasteiger partial charge in [-0.1, -0.05) is 5.21 Å². The van der Waals surface area contributed by atoms with Gasteiger partial charge in [-0.15, -0.1) is 21.8 Å². The van der Waals surface area contributed by atoms with E-state index in [0.29, 0.717) is 5.69 Å². The van der Waals surface area contributed by atoms with Crippen molar-refractivity contribution >= 4 is 17.6 Å². The van der Waals surface area contributed by atoms with Crippen molar-refractivity contribution in [3.63, 3.8) is 0 Å². The SMILES string of the molecule is NC(N)=NNCc1cn(C2C(O)[C@H](O)C(CO)O[C@@H]2OCCCl)nn1. The van der Waals surface area contributed by atoms with Crippen LogP contribution >= 0.6 is 11.6 Å². The lowest BCUT2D eigenvalue weighted by molar-refractivity contribution is -0.280. The summed E-state index contributed by atoms with van der Waals surface area (Å²) in [5, 5.41) is 41.2. The van der Waals surface area contributed by atoms with Gasteiger partial charge in [-0.2, -0.15) is 0 Å². The summed E-state index contributed by atoms with van der Waals surface area (Å²) in [6, 6.07) is -0.884. The molecule has 1 fully saturated rings. The van der Waals surface area contributed by atoms with E-state index in [1.54, 1.807) is 0 Å². The lowest BCUT2D eigenvalue weighted by Gasteiger charge is -2.41. The highest BCUT2D eigenvalue weighted by Gasteiger charge is 2.46. The molecule has 0 bridgehead atoms. The second-order valence-corrected chi connectivity index (χ2v) is 5.70. The van der Waals surface area contributed by atoms with E-state index >= 15 is 0 Å². The number of hydrogen-bond acceptors (Lipinski definition) is 9. The lowest BCUT2D eigenvalue weighted by atomic mass is 9.97. The Balaban J connectivity index is 2.15. The zero-order valence-electron chi connectivity index (χ0n) is 13.3. The summed E-state index contributed by atoms with van der Waals surface area (Å²) >= 11 is 5.62. The van der Waals surface area contributed by atoms with Crippen molar-refractivity contribution < 1.29 is 24.8 Å². The van der Waals surface area contributed by atoms with E-state index in [9.17, 15) is 15.3 Å². The first-order valence-corrected chi connectivity index (χ1v) is 8.03. The molecule has 5 atom stereocenters. The zero-order valence-corrected chi connectivity index (χ0v) is 14.0. The van der Waals surface area contributed by atoms with E-state index in [1.807, 2.05) is 0 Å². The van der Waals surface area contributed by atoms with Crippen molar-refractivity contribution in [2.24, 2.45) is 16.6 Å². The number of guanidine groups is 1. The maximum absolute atomic E-state index is 10.4. The fraction of sp³-hybridized carbons (Fsp3) is 0.750. The third kappa shape index (κ3) is 4.90. The quantitative estimate of drug-likeness (QED) is 0.116. The van der Waals surface area contributed by atoms with Gasteiger partial charge in [0.1, 0.15) is 30.0 Å². The number of alkyl halides is 1. The molecule has 1 saturated heterocycles. The van der Waals surface area contributed by atoms with Crippen LogP contribution in [0.1, 0.15) is 11.7 Å². The van der Waals surface area contributed by atoms with E-state index in [1.165, 1.54) is 10.9 Å². The molecule has 2 heterocycles. The number of halogens is 1. The molecule has 1 aromatic rings. The van der Waals surface area contributed by atoms with Crippen LogP contribution in [0, 0.1) is 0 Å². The van der Waals surface area contributed by atoms with E-state index in [0.717, 1.165) is 0 Å². The highest BCUT2D eigenvalue weighted by molar-refractivity contribution is 6.17. The van der Waals surface area contributed by atoms with Crippen LogP contribution in [0.3, 0.4) is 0 Å². The van der Waals surface area contributed by atoms with Gasteiger partial charge in [0.25, 0.3) is 0 Å². The number of aliphatic hydroxyl groups excluding tert-OH is 3. The molecule has 0 aliphatic carbocycles. The van der Waals surface area contributed by atoms with E-state index in [-0.39, 0.29) is 25.0 Å². The minimum atomic E-state index is -1.32. The minimum Gasteiger partial charge on any atom is -0.394 e. The van der Waals surface area contributed by atoms with Crippen LogP contribution in [0.4, 0.5) is 0 Å². The summed E-state index contributed by atoms with van der Waals surface area (Å²) in [4.78, 5) is 0. The molecular weight excluding hydrogens is 358 g/mol. The van der Waals surface area contributed by atoms with Crippen LogP contribution in [0.5, 0.6) is 0 Å². The molecule has 8 N–H and O–H groups in total. The molecule has 3 unspecified atom stereocenters. The number of aromatic nitrogens is 3. The first kappa shape index (κ1) is 19.6. The Morgan fingerprint density at radius 2 is 2.20 bits per heavy atom. The maximum Gasteiger partial charge on any atom is 0.208 e. The fourth-order valence-corrected chi connectivity index (χ4v) is 2.49. The number of hydrazone groups is 1. The first-order chi connectivity index (χ1) is 12.0. The summed E-state index contributed by atoms with van der Waals surface area (Å²) in [5.41, 5.74) is 13.5. The Bertz CT molecular complexity index is 570. The van der Waals surface area contributed by atoms with Crippen molar-refractivity contribution in [2.75, 3.05) is 19.1 Å². The van der Waals surface area contributed by atoms with Gasteiger partial charge in [-0.25, -0.2) is 4.68 Å². The molecule has 0 aromatic carbocycles. The van der Waals surface area contributed by atoms with Crippen molar-refractivity contribution in [3.8, 4) is 0 Å². The average molecular weight is 380 g/mol. The van der Waals surface area contributed by atoms with Crippen molar-refractivity contribution in [2.45, 2.75) is 37.2 Å². The monoisotopic (exact) mass is 379 g/mol. The first-order valence-electron chi connectivity index (χ1n) is 7.50. The van der Waals surface area contributed by atoms with Crippen molar-refractivity contribution in [3.05, 3.63) is 11.9 Å². The summed E-state index contributed by atoms with van der Waals surface area (Å²) in [7, 11) is 0. The molecule has 25 heavy (non-hydrogen) atoms. The number of nitrogens with two attached hydrogens (primary N) is 2. The zero-order chi connectivity index (χ0) is 18.4. The Morgan fingerprint density at radius 3 is 2.84 bits per heavy atom. The number of hydrogen-bond donors (Lipinski definition) is 6. The molecule has 0 spiro atoms. The topological polar surface area (TPSA) is 186 Å². The number of nitrogens with one attached hydrogen (secondary N) is 1. The molecule has 0 amide bonds. The van der Waals surface area contributed by atoms with Crippen molar-refractivity contribution in [1.29, 1.82) is 0 Å². The van der Waals surface area contributed by atoms with Crippen LogP contribution in [-0.2, 0) is 16.0 Å². The van der Waals surface area contributed by atoms with Gasteiger partial charge in [-0.3, -0.25) is 0 Å². The van der Waals surface area contributed by atoms with Crippen LogP contribution in [-0.4, -0.2) is 80.0 Å². The molecular formula is C12H22ClN7O5. The average Bonchev–Trinajstić information content (AvgIpc) is 3.03. The van der Waals surface area contributed by atoms with Gasteiger partial charge < -0.3 is 41.7 Å². The number of nitrogens with zero attached hydrogens (tertiary/aromatic N) is 4. The lowest BCUT2D eigenvalue weighted by Crippen LogP contribution is -2.57. The number of ether oxygens (including phenoxy) is 2. The summed E-state index contributed by atoms with van der Waals surface area (Å²) in [6.07, 6.45) is -3.06. The van der Waals surface area contributed by atoms with Gasteiger partial charge in [0, 0.05) is 5.88 Å². The Hall–Kier alpha value is -1.70. The summed E-state index contributed by atoms with van der Waals surface area (Å²) in [5.74, 6) is 0.0799. The van der Waals surface area contributed by atoms with E-state index in [2.05, 4.69) is 20.8 Å². The van der Waals surface area contributed by atoms with Crippen molar-refractivity contribution in [1.82, 2.24) is 20.4 Å². The molecule has 1 aromatic heterocycles. The van der Waals surface area contributed by atoms with Gasteiger partial charge in [0.2, 0.25) is 5.96 Å². The standard InChI is InChI=1S/C12H22ClN7O5/c13-1-2-24-11-8(10(23)9(22)7(5-21)25-11)20-4-6(17-19-20)3-16-18-12(14)15/h4,7-11,16,21-23H,1-3,5H2,(H4,14,15,18)/t7?,8?,9-,10?,11+/m1/s1. The highest BCUT2D eigenvalue weighted by atomic mass is 35.5. The molecule has 1 aliphatic rings. The highest BCUT2D eigenvalue weighted by Crippen LogP contribution is 2.30. The normalized spacial score (nSPS) is 29.4. The fourth-order valence-electron chi connectivity index (χ4n) is 2.40. The molecule has 0 radical (unpaired) electrons. The van der Waals surface area contributed by atoms with Gasteiger partial charge >= 0.3 is 0 Å². The van der Waals surface area contributed by atoms with E-state index in [4.69, 9.17) is 32.5 Å². The van der Waals surface area contributed by atoms with Gasteiger partial charge in [-0.05, 0) is 0 Å². The molecule has 1 aliphatic heterocycles. The second kappa shape index (κ2) is 9.12. The molecule has 142 valence electrons. The number of rotatable bonds is 8. The third-order valence-corrected chi connectivity index (χ3v) is 3.69. The predicted octanol–water partition coefficient (Wildman–Crippen LogP) is -3.21.